The zero-order valence-electron chi connectivity index (χ0n) is 18.9. The topological polar surface area (TPSA) is 52.6 Å². The van der Waals surface area contributed by atoms with Crippen LogP contribution in [0.15, 0.2) is 53.9 Å². The van der Waals surface area contributed by atoms with Crippen molar-refractivity contribution in [2.45, 2.75) is 40.2 Å². The number of thiophene rings is 1. The number of rotatable bonds is 6. The van der Waals surface area contributed by atoms with Crippen molar-refractivity contribution >= 4 is 34.6 Å². The maximum absolute atomic E-state index is 13.2. The zero-order valence-corrected chi connectivity index (χ0v) is 19.7. The van der Waals surface area contributed by atoms with Gasteiger partial charge in [-0.3, -0.25) is 9.69 Å². The van der Waals surface area contributed by atoms with Gasteiger partial charge in [0.25, 0.3) is 0 Å². The summed E-state index contributed by atoms with van der Waals surface area (Å²) in [6.45, 7) is 8.43. The van der Waals surface area contributed by atoms with E-state index in [1.54, 1.807) is 11.3 Å². The van der Waals surface area contributed by atoms with Crippen molar-refractivity contribution in [2.75, 3.05) is 23.3 Å². The third-order valence-electron chi connectivity index (χ3n) is 5.88. The standard InChI is InChI=1S/C26H29N3O2S/c1-18-14-19(2)24(20(3)15-18)17-28-11-5-12-29(26(28)31)22-9-7-21(8-10-22)27-25(30)16-23-6-4-13-32-23/h4,6-10,13-15H,5,11-12,16-17H2,1-3H3,(H,27,30). The van der Waals surface area contributed by atoms with E-state index in [9.17, 15) is 9.59 Å². The lowest BCUT2D eigenvalue weighted by Crippen LogP contribution is -2.49. The molecule has 3 aromatic rings. The SMILES string of the molecule is Cc1cc(C)c(CN2CCCN(c3ccc(NC(=O)Cc4cccs4)cc3)C2=O)c(C)c1. The third-order valence-corrected chi connectivity index (χ3v) is 6.75. The average molecular weight is 448 g/mol. The number of anilines is 2. The predicted octanol–water partition coefficient (Wildman–Crippen LogP) is 5.69. The summed E-state index contributed by atoms with van der Waals surface area (Å²) in [6, 6.07) is 15.8. The van der Waals surface area contributed by atoms with Crippen LogP contribution in [0.1, 0.15) is 33.6 Å². The molecule has 0 aliphatic carbocycles. The summed E-state index contributed by atoms with van der Waals surface area (Å²) in [4.78, 5) is 30.3. The average Bonchev–Trinajstić information content (AvgIpc) is 3.25. The smallest absolute Gasteiger partial charge is 0.324 e. The highest BCUT2D eigenvalue weighted by molar-refractivity contribution is 7.10. The fraction of sp³-hybridized carbons (Fsp3) is 0.308. The number of carbonyl (C=O) groups excluding carboxylic acids is 2. The molecule has 1 aliphatic rings. The van der Waals surface area contributed by atoms with Crippen molar-refractivity contribution < 1.29 is 9.59 Å². The largest absolute Gasteiger partial charge is 0.326 e. The van der Waals surface area contributed by atoms with E-state index in [0.29, 0.717) is 19.5 Å². The molecule has 5 nitrogen and oxygen atoms in total. The molecule has 2 aromatic carbocycles. The monoisotopic (exact) mass is 447 g/mol. The van der Waals surface area contributed by atoms with E-state index >= 15 is 0 Å². The van der Waals surface area contributed by atoms with Crippen molar-refractivity contribution in [1.82, 2.24) is 4.90 Å². The van der Waals surface area contributed by atoms with Crippen LogP contribution in [0.3, 0.4) is 0 Å². The maximum atomic E-state index is 13.2. The second kappa shape index (κ2) is 9.57. The first kappa shape index (κ1) is 22.1. The minimum Gasteiger partial charge on any atom is -0.326 e. The minimum atomic E-state index is -0.0377. The highest BCUT2D eigenvalue weighted by Gasteiger charge is 2.27. The maximum Gasteiger partial charge on any atom is 0.324 e. The minimum absolute atomic E-state index is 0.0325. The number of urea groups is 1. The normalized spacial score (nSPS) is 14.0. The molecule has 1 N–H and O–H groups in total. The molecule has 166 valence electrons. The van der Waals surface area contributed by atoms with E-state index in [1.165, 1.54) is 22.3 Å². The van der Waals surface area contributed by atoms with Gasteiger partial charge in [-0.2, -0.15) is 0 Å². The summed E-state index contributed by atoms with van der Waals surface area (Å²) in [7, 11) is 0. The van der Waals surface area contributed by atoms with Gasteiger partial charge in [0.1, 0.15) is 0 Å². The van der Waals surface area contributed by atoms with Gasteiger partial charge in [0, 0.05) is 35.9 Å². The number of amides is 3. The molecule has 1 saturated heterocycles. The highest BCUT2D eigenvalue weighted by atomic mass is 32.1. The molecule has 0 spiro atoms. The van der Waals surface area contributed by atoms with Gasteiger partial charge in [-0.1, -0.05) is 23.8 Å². The van der Waals surface area contributed by atoms with Crippen LogP contribution in [0.25, 0.3) is 0 Å². The van der Waals surface area contributed by atoms with Gasteiger partial charge < -0.3 is 10.2 Å². The number of carbonyl (C=O) groups is 2. The van der Waals surface area contributed by atoms with E-state index in [2.05, 4.69) is 38.2 Å². The Balaban J connectivity index is 1.42. The molecule has 0 radical (unpaired) electrons. The highest BCUT2D eigenvalue weighted by Crippen LogP contribution is 2.25. The van der Waals surface area contributed by atoms with Crippen LogP contribution < -0.4 is 10.2 Å². The Bertz CT molecular complexity index is 1080. The van der Waals surface area contributed by atoms with Gasteiger partial charge in [-0.25, -0.2) is 4.79 Å². The molecule has 32 heavy (non-hydrogen) atoms. The van der Waals surface area contributed by atoms with Crippen molar-refractivity contribution in [3.05, 3.63) is 81.0 Å². The van der Waals surface area contributed by atoms with Crippen LogP contribution in [-0.4, -0.2) is 29.9 Å². The fourth-order valence-electron chi connectivity index (χ4n) is 4.32. The van der Waals surface area contributed by atoms with Crippen LogP contribution >= 0.6 is 11.3 Å². The van der Waals surface area contributed by atoms with E-state index in [0.717, 1.165) is 29.2 Å². The van der Waals surface area contributed by atoms with Crippen molar-refractivity contribution in [3.8, 4) is 0 Å². The number of hydrogen-bond acceptors (Lipinski definition) is 3. The zero-order chi connectivity index (χ0) is 22.7. The summed E-state index contributed by atoms with van der Waals surface area (Å²) in [5, 5.41) is 4.90. The molecule has 0 bridgehead atoms. The molecule has 6 heteroatoms. The summed E-state index contributed by atoms with van der Waals surface area (Å²) in [5.74, 6) is -0.0377. The first-order chi connectivity index (χ1) is 15.4. The molecule has 0 unspecified atom stereocenters. The second-order valence-corrected chi connectivity index (χ2v) is 9.47. The molecule has 1 aromatic heterocycles. The Morgan fingerprint density at radius 3 is 2.41 bits per heavy atom. The number of aryl methyl sites for hydroxylation is 3. The van der Waals surface area contributed by atoms with Crippen molar-refractivity contribution in [2.24, 2.45) is 0 Å². The molecule has 4 rings (SSSR count). The van der Waals surface area contributed by atoms with Crippen LogP contribution in [-0.2, 0) is 17.8 Å². The molecule has 2 heterocycles. The summed E-state index contributed by atoms with van der Waals surface area (Å²) < 4.78 is 0. The fourth-order valence-corrected chi connectivity index (χ4v) is 5.02. The Kier molecular flexibility index (Phi) is 6.61. The van der Waals surface area contributed by atoms with Gasteiger partial charge in [0.2, 0.25) is 5.91 Å². The van der Waals surface area contributed by atoms with Crippen LogP contribution in [0, 0.1) is 20.8 Å². The van der Waals surface area contributed by atoms with Crippen LogP contribution in [0.5, 0.6) is 0 Å². The van der Waals surface area contributed by atoms with Crippen molar-refractivity contribution in [3.63, 3.8) is 0 Å². The first-order valence-electron chi connectivity index (χ1n) is 11.0. The lowest BCUT2D eigenvalue weighted by atomic mass is 9.99. The molecular weight excluding hydrogens is 418 g/mol. The van der Waals surface area contributed by atoms with Crippen LogP contribution in [0.2, 0.25) is 0 Å². The molecule has 0 atom stereocenters. The van der Waals surface area contributed by atoms with Gasteiger partial charge in [-0.15, -0.1) is 11.3 Å². The van der Waals surface area contributed by atoms with E-state index < -0.39 is 0 Å². The number of nitrogens with zero attached hydrogens (tertiary/aromatic N) is 2. The molecule has 1 fully saturated rings. The predicted molar refractivity (Wildman–Crippen MR) is 132 cm³/mol. The van der Waals surface area contributed by atoms with Gasteiger partial charge in [0.15, 0.2) is 0 Å². The number of nitrogens with one attached hydrogen (secondary N) is 1. The Morgan fingerprint density at radius 2 is 1.75 bits per heavy atom. The lowest BCUT2D eigenvalue weighted by Gasteiger charge is -2.36. The van der Waals surface area contributed by atoms with Gasteiger partial charge in [-0.05, 0) is 79.6 Å². The summed E-state index contributed by atoms with van der Waals surface area (Å²) >= 11 is 1.58. The number of benzene rings is 2. The quantitative estimate of drug-likeness (QED) is 0.528. The van der Waals surface area contributed by atoms with E-state index in [-0.39, 0.29) is 11.9 Å². The Labute approximate surface area is 193 Å². The third kappa shape index (κ3) is 5.02. The molecular formula is C26H29N3O2S. The van der Waals surface area contributed by atoms with Gasteiger partial charge in [0.05, 0.1) is 6.42 Å². The van der Waals surface area contributed by atoms with E-state index in [4.69, 9.17) is 0 Å². The summed E-state index contributed by atoms with van der Waals surface area (Å²) in [5.41, 5.74) is 6.54. The summed E-state index contributed by atoms with van der Waals surface area (Å²) in [6.07, 6.45) is 1.30. The lowest BCUT2D eigenvalue weighted by molar-refractivity contribution is -0.115. The first-order valence-corrected chi connectivity index (χ1v) is 11.8. The van der Waals surface area contributed by atoms with Gasteiger partial charge >= 0.3 is 6.03 Å². The number of hydrogen-bond donors (Lipinski definition) is 1. The Hall–Kier alpha value is -3.12. The molecule has 1 aliphatic heterocycles. The van der Waals surface area contributed by atoms with E-state index in [1.807, 2.05) is 51.6 Å². The second-order valence-electron chi connectivity index (χ2n) is 8.44. The molecule has 3 amide bonds. The van der Waals surface area contributed by atoms with Crippen molar-refractivity contribution in [1.29, 1.82) is 0 Å². The van der Waals surface area contributed by atoms with Crippen LogP contribution in [0.4, 0.5) is 16.2 Å². The Morgan fingerprint density at radius 1 is 1.03 bits per heavy atom. The molecule has 0 saturated carbocycles.